The molecule has 1 amide bonds. The number of amides is 1. The van der Waals surface area contributed by atoms with Crippen molar-refractivity contribution >= 4 is 140 Å². The van der Waals surface area contributed by atoms with Gasteiger partial charge in [-0.2, -0.15) is 0 Å². The number of nitrogens with zero attached hydrogens (tertiary/aromatic N) is 1. The number of carbonyl (C=O) groups is 8. The summed E-state index contributed by atoms with van der Waals surface area (Å²) in [6, 6.07) is 37.9. The van der Waals surface area contributed by atoms with Crippen molar-refractivity contribution in [3.05, 3.63) is 209 Å². The van der Waals surface area contributed by atoms with E-state index in [0.717, 1.165) is 25.4 Å². The first kappa shape index (κ1) is 88.0. The van der Waals surface area contributed by atoms with Gasteiger partial charge < -0.3 is 57.0 Å². The summed E-state index contributed by atoms with van der Waals surface area (Å²) in [6.45, 7) is 0. The monoisotopic (exact) mass is 1710 g/mol. The summed E-state index contributed by atoms with van der Waals surface area (Å²) in [5.41, 5.74) is 2.62. The molecule has 30 heteroatoms. The van der Waals surface area contributed by atoms with Gasteiger partial charge in [-0.3, -0.25) is 43.2 Å². The quantitative estimate of drug-likeness (QED) is 0.0239. The molecule has 104 heavy (non-hydrogen) atoms. The van der Waals surface area contributed by atoms with Crippen LogP contribution in [0.4, 0.5) is 4.39 Å². The van der Waals surface area contributed by atoms with Crippen molar-refractivity contribution in [1.82, 2.24) is 5.06 Å². The van der Waals surface area contributed by atoms with Crippen molar-refractivity contribution in [2.75, 3.05) is 71.0 Å². The molecule has 3 radical (unpaired) electrons. The average Bonchev–Trinajstić information content (AvgIpc) is 1.65. The minimum absolute atomic E-state index is 0. The molecule has 543 valence electrons. The Hall–Kier alpha value is -8.39. The molecule has 10 rings (SSSR count). The molecule has 0 spiro atoms. The van der Waals surface area contributed by atoms with Crippen LogP contribution in [0, 0.1) is 5.82 Å². The summed E-state index contributed by atoms with van der Waals surface area (Å²) in [5.74, 6) is 3.42. The van der Waals surface area contributed by atoms with Crippen LogP contribution in [0.15, 0.2) is 181 Å². The molecular formula is C74H71BBr4FNNaO21S. The Kier molecular flexibility index (Phi) is 37.6. The Labute approximate surface area is 662 Å². The van der Waals surface area contributed by atoms with E-state index in [1.54, 1.807) is 121 Å². The van der Waals surface area contributed by atoms with Crippen LogP contribution in [0.5, 0.6) is 46.0 Å². The topological polar surface area (TPSA) is 275 Å². The first-order valence-corrected chi connectivity index (χ1v) is 34.6. The van der Waals surface area contributed by atoms with Gasteiger partial charge in [-0.15, -0.1) is 11.3 Å². The van der Waals surface area contributed by atoms with Crippen LogP contribution in [0.25, 0.3) is 21.4 Å². The number of benzene rings is 5. The Balaban J connectivity index is 0.000000353. The van der Waals surface area contributed by atoms with Crippen LogP contribution < -0.4 is 67.5 Å². The van der Waals surface area contributed by atoms with E-state index in [2.05, 4.69) is 63.7 Å². The normalized spacial score (nSPS) is 10.2. The number of hydroxylamine groups is 2. The Bertz CT molecular complexity index is 4420. The Morgan fingerprint density at radius 3 is 1.01 bits per heavy atom. The zero-order valence-electron chi connectivity index (χ0n) is 59.4. The molecule has 5 aromatic carbocycles. The van der Waals surface area contributed by atoms with Gasteiger partial charge in [0, 0.05) is 105 Å². The zero-order valence-corrected chi connectivity index (χ0v) is 67.6. The SMILES string of the molecule is Brc1ccc(Br)o1.COc1ccc(C(=O)CCC(=O)N(C)OC)cc1OC.COc1ccc(C(=O)CCC(=O)c2ccc(-c3csc4c(F)cccc34)o2)cc1OC.COc1ccc(C(=O)CCC(=O)c2ccc(Br)o2)cc1OC.COc1ccc(C(=O)CCC(=O)c2ccc(Br)o2)cc1OC.[B].[H-].[Na+]. The molecule has 0 fully saturated rings. The first-order chi connectivity index (χ1) is 48.9. The van der Waals surface area contributed by atoms with E-state index in [1.165, 1.54) is 88.4 Å². The van der Waals surface area contributed by atoms with Crippen molar-refractivity contribution in [2.24, 2.45) is 0 Å². The van der Waals surface area contributed by atoms with E-state index in [0.29, 0.717) is 88.0 Å². The van der Waals surface area contributed by atoms with Crippen molar-refractivity contribution in [1.29, 1.82) is 0 Å². The summed E-state index contributed by atoms with van der Waals surface area (Å²) >= 11 is 13.8. The maximum absolute atomic E-state index is 13.9. The minimum atomic E-state index is -0.287. The number of thiophene rings is 1. The molecular weight excluding hydrogens is 1640 g/mol. The summed E-state index contributed by atoms with van der Waals surface area (Å²) in [6.07, 6.45) is 0.648. The van der Waals surface area contributed by atoms with Gasteiger partial charge in [0.15, 0.2) is 122 Å². The van der Waals surface area contributed by atoms with Gasteiger partial charge in [0.05, 0.1) is 68.7 Å². The fraction of sp³-hybridized carbons (Fsp3) is 0.243. The van der Waals surface area contributed by atoms with Gasteiger partial charge in [-0.25, -0.2) is 9.45 Å². The van der Waals surface area contributed by atoms with E-state index in [1.807, 2.05) is 18.2 Å². The number of carbonyl (C=O) groups excluding carboxylic acids is 8. The molecule has 0 saturated carbocycles. The van der Waals surface area contributed by atoms with Crippen molar-refractivity contribution in [3.63, 3.8) is 0 Å². The molecule has 0 bridgehead atoms. The molecule has 0 saturated heterocycles. The fourth-order valence-corrected chi connectivity index (χ4v) is 11.6. The third-order valence-electron chi connectivity index (χ3n) is 14.7. The fourth-order valence-electron chi connectivity index (χ4n) is 9.21. The third kappa shape index (κ3) is 25.7. The van der Waals surface area contributed by atoms with Crippen LogP contribution in [0.1, 0.15) is 126 Å². The van der Waals surface area contributed by atoms with Crippen molar-refractivity contribution in [2.45, 2.75) is 51.4 Å². The number of ketones is 7. The Morgan fingerprint density at radius 1 is 0.394 bits per heavy atom. The number of ether oxygens (including phenoxy) is 8. The molecule has 0 aliphatic heterocycles. The van der Waals surface area contributed by atoms with Gasteiger partial charge in [-0.1, -0.05) is 12.1 Å². The van der Waals surface area contributed by atoms with Crippen LogP contribution in [0.3, 0.4) is 0 Å². The van der Waals surface area contributed by atoms with Gasteiger partial charge in [0.1, 0.15) is 11.6 Å². The summed E-state index contributed by atoms with van der Waals surface area (Å²) in [4.78, 5) is 102. The van der Waals surface area contributed by atoms with Crippen LogP contribution in [-0.4, -0.2) is 131 Å². The maximum Gasteiger partial charge on any atom is 1.00 e. The predicted octanol–water partition coefficient (Wildman–Crippen LogP) is 15.2. The van der Waals surface area contributed by atoms with Crippen molar-refractivity contribution < 1.29 is 134 Å². The smallest absolute Gasteiger partial charge is 1.00 e. The van der Waals surface area contributed by atoms with Gasteiger partial charge in [0.2, 0.25) is 5.91 Å². The van der Waals surface area contributed by atoms with Gasteiger partial charge >= 0.3 is 29.6 Å². The first-order valence-electron chi connectivity index (χ1n) is 30.5. The number of hydrogen-bond acceptors (Lipinski definition) is 22. The van der Waals surface area contributed by atoms with E-state index in [-0.39, 0.29) is 160 Å². The summed E-state index contributed by atoms with van der Waals surface area (Å²) in [7, 11) is 15.0. The second-order valence-electron chi connectivity index (χ2n) is 21.0. The molecule has 5 heterocycles. The standard InChI is InChI=1S/C24H19FO5S.2C16H15BrO5.C14H19NO5.C4H2Br2O.B.Na.H/c1-28-22-9-6-14(12-23(22)29-2)18(26)7-8-19(27)21-11-10-20(30-21)16-13-31-24-15(16)4-3-5-17(24)25;2*1-20-14-6-3-10(9-15(14)21-2)11(18)4-5-12(19)13-7-8-16(17)22-13;1-15(20-4)14(17)8-6-11(16)10-5-7-12(18-2)13(9-10)19-3;5-3-1-2-4(6)7-3;;;/h3-6,9-13H,7-8H2,1-2H3;2*3,6-9H,4-5H2,1-2H3;5,7,9H,6,8H2,1-4H3;1-2H;;;/q;;;;;;+1;-1. The number of furan rings is 4. The molecule has 22 nitrogen and oxygen atoms in total. The van der Waals surface area contributed by atoms with Gasteiger partial charge in [-0.05, 0) is 191 Å². The second-order valence-corrected chi connectivity index (χ2v) is 25.0. The largest absolute Gasteiger partial charge is 1.00 e. The zero-order chi connectivity index (χ0) is 74.6. The summed E-state index contributed by atoms with van der Waals surface area (Å²) < 4.78 is 79.1. The van der Waals surface area contributed by atoms with Crippen LogP contribution in [0.2, 0.25) is 0 Å². The maximum atomic E-state index is 13.9. The molecule has 0 aliphatic carbocycles. The Morgan fingerprint density at radius 2 is 0.702 bits per heavy atom. The van der Waals surface area contributed by atoms with E-state index < -0.39 is 0 Å². The number of fused-ring (bicyclic) bond motifs is 1. The van der Waals surface area contributed by atoms with Crippen LogP contribution >= 0.6 is 75.1 Å². The number of halogens is 5. The number of methoxy groups -OCH3 is 8. The number of hydrogen-bond donors (Lipinski definition) is 0. The summed E-state index contributed by atoms with van der Waals surface area (Å²) in [5, 5.41) is 3.64. The molecule has 10 aromatic rings. The second kappa shape index (κ2) is 44.4. The number of rotatable bonds is 29. The minimum Gasteiger partial charge on any atom is -1.00 e. The van der Waals surface area contributed by atoms with Crippen LogP contribution in [-0.2, 0) is 9.63 Å². The van der Waals surface area contributed by atoms with Gasteiger partial charge in [0.25, 0.3) is 0 Å². The molecule has 5 aromatic heterocycles. The number of Topliss-reactive ketones (excluding diaryl/α,β-unsaturated/α-hetero) is 7. The van der Waals surface area contributed by atoms with E-state index in [4.69, 9.17) is 60.4 Å². The van der Waals surface area contributed by atoms with Crippen molar-refractivity contribution in [3.8, 4) is 57.3 Å². The van der Waals surface area contributed by atoms with E-state index in [9.17, 15) is 42.7 Å². The molecule has 0 atom stereocenters. The molecule has 0 N–H and O–H groups in total. The predicted molar refractivity (Wildman–Crippen MR) is 398 cm³/mol. The third-order valence-corrected chi connectivity index (χ3v) is 17.4. The molecule has 0 aliphatic rings. The average molecular weight is 1710 g/mol. The van der Waals surface area contributed by atoms with E-state index >= 15 is 0 Å². The molecule has 0 unspecified atom stereocenters.